The molecule has 0 bridgehead atoms. The van der Waals surface area contributed by atoms with Gasteiger partial charge in [0.2, 0.25) is 0 Å². The Morgan fingerprint density at radius 2 is 1.68 bits per heavy atom. The minimum absolute atomic E-state index is 0.0258. The van der Waals surface area contributed by atoms with Crippen molar-refractivity contribution in [2.24, 2.45) is 5.73 Å². The molecule has 15 heteroatoms. The van der Waals surface area contributed by atoms with Gasteiger partial charge in [-0.05, 0) is 51.0 Å². The van der Waals surface area contributed by atoms with Crippen molar-refractivity contribution < 1.29 is 45.5 Å². The van der Waals surface area contributed by atoms with Gasteiger partial charge in [-0.15, -0.1) is 11.3 Å². The van der Waals surface area contributed by atoms with Gasteiger partial charge in [-0.3, -0.25) is 10.1 Å². The quantitative estimate of drug-likeness (QED) is 0.427. The number of halogens is 6. The van der Waals surface area contributed by atoms with Gasteiger partial charge in [-0.25, -0.2) is 14.6 Å². The monoisotopic (exact) mass is 566 g/mol. The van der Waals surface area contributed by atoms with Crippen LogP contribution in [-0.2, 0) is 34.0 Å². The number of carbonyl (C=O) groups excluding carboxylic acids is 3. The minimum Gasteiger partial charge on any atom is -0.444 e. The number of rotatable bonds is 5. The van der Waals surface area contributed by atoms with Gasteiger partial charge in [0.25, 0.3) is 0 Å². The van der Waals surface area contributed by atoms with E-state index in [1.54, 1.807) is 20.8 Å². The van der Waals surface area contributed by atoms with E-state index in [2.05, 4.69) is 10.3 Å². The Morgan fingerprint density at radius 1 is 1.11 bits per heavy atom. The van der Waals surface area contributed by atoms with Gasteiger partial charge >= 0.3 is 24.5 Å². The first kappa shape index (κ1) is 29.2. The Labute approximate surface area is 217 Å². The lowest BCUT2D eigenvalue weighted by molar-refractivity contribution is -0.143. The summed E-state index contributed by atoms with van der Waals surface area (Å²) in [5.74, 6) is -0.314. The molecular formula is C23H24F6N4O4S. The van der Waals surface area contributed by atoms with Crippen LogP contribution in [0.5, 0.6) is 0 Å². The SMILES string of the molecule is CC(C)(C)OC(=O)Nc1nc(C2(N(Cc3cc(C(F)(F)F)cc(C(F)(F)F)c3)C(N)=O)CCC(=O)C2)cs1. The first-order valence-corrected chi connectivity index (χ1v) is 12.0. The second-order valence-corrected chi connectivity index (χ2v) is 10.6. The molecule has 0 radical (unpaired) electrons. The van der Waals surface area contributed by atoms with Crippen molar-refractivity contribution in [1.29, 1.82) is 0 Å². The number of ketones is 1. The molecular weight excluding hydrogens is 542 g/mol. The van der Waals surface area contributed by atoms with Gasteiger partial charge in [0.1, 0.15) is 11.4 Å². The lowest BCUT2D eigenvalue weighted by atomic mass is 9.90. The van der Waals surface area contributed by atoms with Crippen molar-refractivity contribution in [3.63, 3.8) is 0 Å². The molecule has 3 amide bonds. The molecule has 1 aromatic carbocycles. The van der Waals surface area contributed by atoms with Crippen LogP contribution in [0.1, 0.15) is 62.4 Å². The average Bonchev–Trinajstić information content (AvgIpc) is 3.36. The highest BCUT2D eigenvalue weighted by Gasteiger charge is 2.48. The molecule has 2 aromatic rings. The lowest BCUT2D eigenvalue weighted by Crippen LogP contribution is -2.50. The number of amides is 3. The Bertz CT molecular complexity index is 1210. The molecule has 0 saturated heterocycles. The zero-order chi connectivity index (χ0) is 28.7. The van der Waals surface area contributed by atoms with Gasteiger partial charge < -0.3 is 15.4 Å². The molecule has 3 rings (SSSR count). The van der Waals surface area contributed by atoms with Crippen LogP contribution < -0.4 is 11.1 Å². The minimum atomic E-state index is -5.09. The molecule has 0 aliphatic heterocycles. The van der Waals surface area contributed by atoms with Crippen LogP contribution in [0, 0.1) is 0 Å². The van der Waals surface area contributed by atoms with Crippen LogP contribution in [0.15, 0.2) is 23.6 Å². The zero-order valence-electron chi connectivity index (χ0n) is 20.4. The number of nitrogens with zero attached hydrogens (tertiary/aromatic N) is 2. The number of ether oxygens (including phenoxy) is 1. The third kappa shape index (κ3) is 6.74. The highest BCUT2D eigenvalue weighted by atomic mass is 32.1. The molecule has 1 aromatic heterocycles. The van der Waals surface area contributed by atoms with Crippen LogP contribution in [-0.4, -0.2) is 33.4 Å². The number of hydrogen-bond acceptors (Lipinski definition) is 6. The van der Waals surface area contributed by atoms with Crippen molar-refractivity contribution in [1.82, 2.24) is 9.88 Å². The molecule has 1 aliphatic carbocycles. The van der Waals surface area contributed by atoms with Gasteiger partial charge in [-0.2, -0.15) is 26.3 Å². The van der Waals surface area contributed by atoms with E-state index in [-0.39, 0.29) is 41.9 Å². The molecule has 208 valence electrons. The lowest BCUT2D eigenvalue weighted by Gasteiger charge is -2.39. The summed E-state index contributed by atoms with van der Waals surface area (Å²) in [5, 5.41) is 3.88. The van der Waals surface area contributed by atoms with E-state index in [4.69, 9.17) is 10.5 Å². The van der Waals surface area contributed by atoms with Crippen LogP contribution in [0.25, 0.3) is 0 Å². The van der Waals surface area contributed by atoms with E-state index in [0.29, 0.717) is 12.1 Å². The molecule has 1 atom stereocenters. The van der Waals surface area contributed by atoms with Crippen molar-refractivity contribution >= 4 is 34.4 Å². The topological polar surface area (TPSA) is 115 Å². The van der Waals surface area contributed by atoms with Crippen LogP contribution >= 0.6 is 11.3 Å². The summed E-state index contributed by atoms with van der Waals surface area (Å²) >= 11 is 0.927. The first-order chi connectivity index (χ1) is 17.3. The summed E-state index contributed by atoms with van der Waals surface area (Å²) in [4.78, 5) is 42.1. The average molecular weight is 567 g/mol. The van der Waals surface area contributed by atoms with Gasteiger partial charge in [0.15, 0.2) is 5.13 Å². The molecule has 0 spiro atoms. The van der Waals surface area contributed by atoms with Crippen molar-refractivity contribution in [3.05, 3.63) is 46.0 Å². The number of Topliss-reactive ketones (excluding diaryl/α,β-unsaturated/α-hetero) is 1. The van der Waals surface area contributed by atoms with E-state index in [1.165, 1.54) is 5.38 Å². The van der Waals surface area contributed by atoms with E-state index < -0.39 is 58.9 Å². The number of hydrogen-bond donors (Lipinski definition) is 2. The summed E-state index contributed by atoms with van der Waals surface area (Å²) in [6, 6.07) is -0.222. The van der Waals surface area contributed by atoms with E-state index in [1.807, 2.05) is 0 Å². The number of nitrogens with one attached hydrogen (secondary N) is 1. The zero-order valence-corrected chi connectivity index (χ0v) is 21.2. The molecule has 38 heavy (non-hydrogen) atoms. The fraction of sp³-hybridized carbons (Fsp3) is 0.478. The predicted molar refractivity (Wildman–Crippen MR) is 124 cm³/mol. The van der Waals surface area contributed by atoms with Crippen molar-refractivity contribution in [2.45, 2.75) is 70.1 Å². The van der Waals surface area contributed by atoms with Gasteiger partial charge in [0, 0.05) is 24.8 Å². The second kappa shape index (κ2) is 10.1. The highest BCUT2D eigenvalue weighted by molar-refractivity contribution is 7.13. The van der Waals surface area contributed by atoms with Crippen LogP contribution in [0.3, 0.4) is 0 Å². The second-order valence-electron chi connectivity index (χ2n) is 9.75. The first-order valence-electron chi connectivity index (χ1n) is 11.1. The summed E-state index contributed by atoms with van der Waals surface area (Å²) in [6.45, 7) is 4.16. The van der Waals surface area contributed by atoms with Gasteiger partial charge in [0.05, 0.1) is 22.4 Å². The Balaban J connectivity index is 2.03. The van der Waals surface area contributed by atoms with Crippen molar-refractivity contribution in [2.75, 3.05) is 5.32 Å². The largest absolute Gasteiger partial charge is 0.444 e. The summed E-state index contributed by atoms with van der Waals surface area (Å²) in [6.07, 6.45) is -11.4. The fourth-order valence-electron chi connectivity index (χ4n) is 4.11. The molecule has 1 unspecified atom stereocenters. The van der Waals surface area contributed by atoms with E-state index in [0.717, 1.165) is 16.2 Å². The fourth-order valence-corrected chi connectivity index (χ4v) is 4.89. The van der Waals surface area contributed by atoms with Crippen LogP contribution in [0.4, 0.5) is 41.1 Å². The molecule has 3 N–H and O–H groups in total. The summed E-state index contributed by atoms with van der Waals surface area (Å²) < 4.78 is 85.3. The molecule has 1 fully saturated rings. The third-order valence-electron chi connectivity index (χ3n) is 5.67. The maximum atomic E-state index is 13.4. The molecule has 1 saturated carbocycles. The van der Waals surface area contributed by atoms with E-state index in [9.17, 15) is 40.7 Å². The normalized spacial score (nSPS) is 18.4. The maximum absolute atomic E-state index is 13.4. The molecule has 8 nitrogen and oxygen atoms in total. The number of urea groups is 1. The number of anilines is 1. The Hall–Kier alpha value is -3.36. The number of nitrogens with two attached hydrogens (primary N) is 1. The predicted octanol–water partition coefficient (Wildman–Crippen LogP) is 6.06. The van der Waals surface area contributed by atoms with Crippen LogP contribution in [0.2, 0.25) is 0 Å². The van der Waals surface area contributed by atoms with Gasteiger partial charge in [-0.1, -0.05) is 0 Å². The number of carbonyl (C=O) groups is 3. The third-order valence-corrected chi connectivity index (χ3v) is 6.42. The molecule has 1 aliphatic rings. The number of thiazole rings is 1. The maximum Gasteiger partial charge on any atom is 0.416 e. The number of alkyl halides is 6. The molecule has 1 heterocycles. The number of aromatic nitrogens is 1. The Morgan fingerprint density at radius 3 is 2.13 bits per heavy atom. The number of primary amides is 1. The number of benzene rings is 1. The smallest absolute Gasteiger partial charge is 0.416 e. The van der Waals surface area contributed by atoms with E-state index >= 15 is 0 Å². The Kier molecular flexibility index (Phi) is 7.74. The summed E-state index contributed by atoms with van der Waals surface area (Å²) in [7, 11) is 0. The summed E-state index contributed by atoms with van der Waals surface area (Å²) in [5.41, 5.74) is -0.320. The van der Waals surface area contributed by atoms with Crippen molar-refractivity contribution in [3.8, 4) is 0 Å². The highest BCUT2D eigenvalue weighted by Crippen LogP contribution is 2.45. The standard InChI is InChI=1S/C23H24F6N4O4S/c1-20(2,3)37-19(36)32-18-31-16(11-38-18)21(5-4-15(34)9-21)33(17(30)35)10-12-6-13(22(24,25)26)8-14(7-12)23(27,28)29/h6-8,11H,4-5,9-10H2,1-3H3,(H2,30,35)(H,31,32,36).